The Bertz CT molecular complexity index is 1020. The van der Waals surface area contributed by atoms with Crippen LogP contribution in [-0.2, 0) is 6.61 Å². The third kappa shape index (κ3) is 2.52. The number of rotatable bonds is 4. The number of pyridine rings is 1. The molecule has 2 N–H and O–H groups in total. The van der Waals surface area contributed by atoms with Crippen LogP contribution in [0.3, 0.4) is 0 Å². The molecule has 0 atom stereocenters. The highest BCUT2D eigenvalue weighted by Crippen LogP contribution is 2.35. The van der Waals surface area contributed by atoms with Crippen LogP contribution in [0.25, 0.3) is 5.65 Å². The van der Waals surface area contributed by atoms with Crippen molar-refractivity contribution in [3.8, 4) is 17.2 Å². The Balaban J connectivity index is 1.84. The second kappa shape index (κ2) is 5.99. The summed E-state index contributed by atoms with van der Waals surface area (Å²) in [4.78, 5) is 17.1. The fourth-order valence-electron chi connectivity index (χ4n) is 2.69. The maximum atomic E-state index is 12.6. The van der Waals surface area contributed by atoms with E-state index >= 15 is 0 Å². The predicted octanol–water partition coefficient (Wildman–Crippen LogP) is 1.67. The zero-order valence-corrected chi connectivity index (χ0v) is 13.4. The molecule has 0 aliphatic carbocycles. The Labute approximate surface area is 142 Å². The summed E-state index contributed by atoms with van der Waals surface area (Å²) in [6.45, 7) is -0.272. The van der Waals surface area contributed by atoms with Crippen LogP contribution in [0.2, 0.25) is 0 Å². The van der Waals surface area contributed by atoms with Gasteiger partial charge in [0.05, 0.1) is 19.3 Å². The average molecular weight is 341 g/mol. The summed E-state index contributed by atoms with van der Waals surface area (Å²) in [7, 11) is 1.51. The lowest BCUT2D eigenvalue weighted by molar-refractivity contribution is 0.174. The van der Waals surface area contributed by atoms with Gasteiger partial charge in [0.2, 0.25) is 6.79 Å². The van der Waals surface area contributed by atoms with Gasteiger partial charge in [-0.05, 0) is 24.3 Å². The monoisotopic (exact) mass is 341 g/mol. The number of fused-ring (bicyclic) bond motifs is 2. The first-order valence-corrected chi connectivity index (χ1v) is 7.57. The van der Waals surface area contributed by atoms with E-state index in [1.807, 2.05) is 0 Å². The number of aliphatic hydroxyl groups is 1. The van der Waals surface area contributed by atoms with Crippen LogP contribution in [0.5, 0.6) is 17.2 Å². The third-order valence-electron chi connectivity index (χ3n) is 3.93. The molecule has 0 spiro atoms. The van der Waals surface area contributed by atoms with Gasteiger partial charge in [-0.1, -0.05) is 0 Å². The molecule has 128 valence electrons. The highest BCUT2D eigenvalue weighted by Gasteiger charge is 2.17. The van der Waals surface area contributed by atoms with Gasteiger partial charge in [0, 0.05) is 18.0 Å². The van der Waals surface area contributed by atoms with Crippen molar-refractivity contribution in [2.24, 2.45) is 0 Å². The van der Waals surface area contributed by atoms with Crippen molar-refractivity contribution in [3.63, 3.8) is 0 Å². The van der Waals surface area contributed by atoms with Crippen LogP contribution in [-0.4, -0.2) is 28.4 Å². The molecular weight excluding hydrogens is 326 g/mol. The number of benzene rings is 1. The summed E-state index contributed by atoms with van der Waals surface area (Å²) in [5.41, 5.74) is 0.804. The Kier molecular flexibility index (Phi) is 3.66. The summed E-state index contributed by atoms with van der Waals surface area (Å²) in [6, 6.07) is 8.68. The number of aromatic nitrogens is 2. The van der Waals surface area contributed by atoms with Crippen molar-refractivity contribution >= 4 is 17.2 Å². The molecule has 0 saturated carbocycles. The lowest BCUT2D eigenvalue weighted by Crippen LogP contribution is -2.22. The zero-order chi connectivity index (χ0) is 17.4. The molecule has 2 aromatic heterocycles. The fraction of sp³-hybridized carbons (Fsp3) is 0.176. The van der Waals surface area contributed by atoms with Crippen molar-refractivity contribution in [2.75, 3.05) is 19.2 Å². The molecule has 8 heteroatoms. The number of methoxy groups -OCH3 is 1. The summed E-state index contributed by atoms with van der Waals surface area (Å²) in [5, 5.41) is 12.7. The number of aliphatic hydroxyl groups excluding tert-OH is 1. The van der Waals surface area contributed by atoms with Gasteiger partial charge < -0.3 is 24.6 Å². The lowest BCUT2D eigenvalue weighted by atomic mass is 10.2. The van der Waals surface area contributed by atoms with Crippen molar-refractivity contribution in [3.05, 3.63) is 52.4 Å². The van der Waals surface area contributed by atoms with E-state index in [2.05, 4.69) is 10.3 Å². The van der Waals surface area contributed by atoms with E-state index in [-0.39, 0.29) is 23.7 Å². The number of hydrogen-bond donors (Lipinski definition) is 2. The van der Waals surface area contributed by atoms with Crippen LogP contribution in [0.1, 0.15) is 5.56 Å². The van der Waals surface area contributed by atoms with E-state index < -0.39 is 6.61 Å². The Morgan fingerprint density at radius 3 is 2.96 bits per heavy atom. The molecule has 0 saturated heterocycles. The van der Waals surface area contributed by atoms with Crippen molar-refractivity contribution in [1.82, 2.24) is 9.38 Å². The largest absolute Gasteiger partial charge is 0.493 e. The summed E-state index contributed by atoms with van der Waals surface area (Å²) in [5.74, 6) is 1.97. The number of nitrogens with zero attached hydrogens (tertiary/aromatic N) is 2. The molecule has 0 fully saturated rings. The topological polar surface area (TPSA) is 94.3 Å². The first-order chi connectivity index (χ1) is 12.2. The van der Waals surface area contributed by atoms with Gasteiger partial charge in [0.1, 0.15) is 5.82 Å². The molecule has 0 bridgehead atoms. The van der Waals surface area contributed by atoms with Crippen LogP contribution in [0.4, 0.5) is 11.5 Å². The summed E-state index contributed by atoms with van der Waals surface area (Å²) < 4.78 is 17.2. The fourth-order valence-corrected chi connectivity index (χ4v) is 2.69. The van der Waals surface area contributed by atoms with Crippen molar-refractivity contribution in [2.45, 2.75) is 6.61 Å². The lowest BCUT2D eigenvalue weighted by Gasteiger charge is -2.13. The molecule has 4 rings (SSSR count). The van der Waals surface area contributed by atoms with E-state index in [4.69, 9.17) is 14.2 Å². The molecule has 25 heavy (non-hydrogen) atoms. The number of hydrogen-bond acceptors (Lipinski definition) is 7. The molecule has 3 heterocycles. The smallest absolute Gasteiger partial charge is 0.265 e. The van der Waals surface area contributed by atoms with Crippen LogP contribution >= 0.6 is 0 Å². The summed E-state index contributed by atoms with van der Waals surface area (Å²) >= 11 is 0. The van der Waals surface area contributed by atoms with Gasteiger partial charge in [-0.2, -0.15) is 0 Å². The highest BCUT2D eigenvalue weighted by atomic mass is 16.7. The van der Waals surface area contributed by atoms with Crippen molar-refractivity contribution in [1.29, 1.82) is 0 Å². The number of nitrogens with one attached hydrogen (secondary N) is 1. The van der Waals surface area contributed by atoms with Gasteiger partial charge in [0.15, 0.2) is 22.9 Å². The zero-order valence-electron chi connectivity index (χ0n) is 13.4. The van der Waals surface area contributed by atoms with E-state index in [1.165, 1.54) is 11.5 Å². The van der Waals surface area contributed by atoms with E-state index in [1.54, 1.807) is 36.5 Å². The van der Waals surface area contributed by atoms with Gasteiger partial charge >= 0.3 is 0 Å². The Hall–Kier alpha value is -3.26. The van der Waals surface area contributed by atoms with Crippen LogP contribution < -0.4 is 25.1 Å². The van der Waals surface area contributed by atoms with Gasteiger partial charge in [-0.15, -0.1) is 0 Å². The molecule has 1 aromatic carbocycles. The van der Waals surface area contributed by atoms with Crippen molar-refractivity contribution < 1.29 is 19.3 Å². The standard InChI is InChI=1S/C17H15N3O5/c1-23-13-3-2-6-20-16(13)19-15(11(8-21)17(20)22)18-10-4-5-12-14(7-10)25-9-24-12/h2-7,18,21H,8-9H2,1H3. The predicted molar refractivity (Wildman–Crippen MR) is 89.8 cm³/mol. The quantitative estimate of drug-likeness (QED) is 0.745. The molecular formula is C17H15N3O5. The summed E-state index contributed by atoms with van der Waals surface area (Å²) in [6.07, 6.45) is 1.58. The Morgan fingerprint density at radius 1 is 1.32 bits per heavy atom. The van der Waals surface area contributed by atoms with Gasteiger partial charge in [-0.3, -0.25) is 9.20 Å². The molecule has 3 aromatic rings. The molecule has 8 nitrogen and oxygen atoms in total. The second-order valence-electron chi connectivity index (χ2n) is 5.37. The van der Waals surface area contributed by atoms with E-state index in [0.717, 1.165) is 0 Å². The maximum Gasteiger partial charge on any atom is 0.265 e. The molecule has 1 aliphatic heterocycles. The SMILES string of the molecule is COc1cccn2c(=O)c(CO)c(Nc3ccc4c(c3)OCO4)nc12. The molecule has 0 amide bonds. The normalized spacial score (nSPS) is 12.4. The van der Waals surface area contributed by atoms with E-state index in [0.29, 0.717) is 28.6 Å². The minimum atomic E-state index is -0.446. The number of anilines is 2. The second-order valence-corrected chi connectivity index (χ2v) is 5.37. The van der Waals surface area contributed by atoms with Crippen LogP contribution in [0.15, 0.2) is 41.3 Å². The molecule has 1 aliphatic rings. The maximum absolute atomic E-state index is 12.6. The first-order valence-electron chi connectivity index (χ1n) is 7.57. The third-order valence-corrected chi connectivity index (χ3v) is 3.93. The molecule has 0 radical (unpaired) electrons. The molecule has 0 unspecified atom stereocenters. The Morgan fingerprint density at radius 2 is 2.16 bits per heavy atom. The van der Waals surface area contributed by atoms with Crippen LogP contribution in [0, 0.1) is 0 Å². The van der Waals surface area contributed by atoms with E-state index in [9.17, 15) is 9.90 Å². The minimum absolute atomic E-state index is 0.156. The van der Waals surface area contributed by atoms with Gasteiger partial charge in [-0.25, -0.2) is 4.98 Å². The van der Waals surface area contributed by atoms with Gasteiger partial charge in [0.25, 0.3) is 5.56 Å². The minimum Gasteiger partial charge on any atom is -0.493 e. The number of ether oxygens (including phenoxy) is 3. The highest BCUT2D eigenvalue weighted by molar-refractivity contribution is 5.66. The average Bonchev–Trinajstić information content (AvgIpc) is 3.09. The first kappa shape index (κ1) is 15.3.